The second kappa shape index (κ2) is 14.0. The lowest BCUT2D eigenvalue weighted by Crippen LogP contribution is -2.56. The molecular formula is C33H40N4O5. The molecule has 3 aromatic carbocycles. The summed E-state index contributed by atoms with van der Waals surface area (Å²) >= 11 is 0. The lowest BCUT2D eigenvalue weighted by atomic mass is 9.84. The van der Waals surface area contributed by atoms with Crippen LogP contribution in [-0.2, 0) is 27.2 Å². The van der Waals surface area contributed by atoms with Crippen LogP contribution >= 0.6 is 0 Å². The molecule has 222 valence electrons. The number of carboxylic acid groups (broad SMARTS) is 1. The minimum absolute atomic E-state index is 0.143. The maximum atomic E-state index is 14.2. The van der Waals surface area contributed by atoms with Gasteiger partial charge in [-0.2, -0.15) is 0 Å². The highest BCUT2D eigenvalue weighted by atomic mass is 16.4. The second-order valence-corrected chi connectivity index (χ2v) is 11.1. The number of rotatable bonds is 10. The molecule has 3 N–H and O–H groups in total. The summed E-state index contributed by atoms with van der Waals surface area (Å²) in [5.41, 5.74) is 1.84. The number of amides is 4. The fourth-order valence-corrected chi connectivity index (χ4v) is 5.88. The predicted octanol–water partition coefficient (Wildman–Crippen LogP) is 3.85. The summed E-state index contributed by atoms with van der Waals surface area (Å²) in [6.07, 6.45) is 1.77. The van der Waals surface area contributed by atoms with Gasteiger partial charge in [-0.05, 0) is 47.6 Å². The number of hydrogen-bond donors (Lipinski definition) is 3. The van der Waals surface area contributed by atoms with Gasteiger partial charge in [0, 0.05) is 45.9 Å². The predicted molar refractivity (Wildman–Crippen MR) is 162 cm³/mol. The number of benzene rings is 3. The van der Waals surface area contributed by atoms with E-state index in [-0.39, 0.29) is 36.1 Å². The first-order chi connectivity index (χ1) is 20.2. The molecule has 4 amide bonds. The van der Waals surface area contributed by atoms with E-state index >= 15 is 0 Å². The summed E-state index contributed by atoms with van der Waals surface area (Å²) in [6.45, 7) is 0. The quantitative estimate of drug-likeness (QED) is 0.341. The number of hydrogen-bond acceptors (Lipinski definition) is 4. The molecule has 0 radical (unpaired) electrons. The zero-order valence-corrected chi connectivity index (χ0v) is 24.5. The molecule has 0 aliphatic heterocycles. The van der Waals surface area contributed by atoms with Crippen molar-refractivity contribution in [2.45, 2.75) is 56.7 Å². The van der Waals surface area contributed by atoms with Crippen molar-refractivity contribution < 1.29 is 24.3 Å². The topological polar surface area (TPSA) is 119 Å². The average molecular weight is 573 g/mol. The van der Waals surface area contributed by atoms with Crippen LogP contribution in [0.2, 0.25) is 0 Å². The van der Waals surface area contributed by atoms with E-state index in [1.165, 1.54) is 9.80 Å². The summed E-state index contributed by atoms with van der Waals surface area (Å²) in [7, 11) is 4.84. The Morgan fingerprint density at radius 3 is 2.05 bits per heavy atom. The minimum Gasteiger partial charge on any atom is -0.465 e. The van der Waals surface area contributed by atoms with Gasteiger partial charge in [0.15, 0.2) is 0 Å². The molecule has 9 nitrogen and oxygen atoms in total. The molecule has 1 aliphatic carbocycles. The van der Waals surface area contributed by atoms with Crippen molar-refractivity contribution in [3.8, 4) is 0 Å². The minimum atomic E-state index is -1.06. The molecule has 4 rings (SSSR count). The fourth-order valence-electron chi connectivity index (χ4n) is 5.88. The van der Waals surface area contributed by atoms with Crippen LogP contribution < -0.4 is 10.6 Å². The molecule has 0 unspecified atom stereocenters. The number of likely N-dealkylation sites (N-methyl/N-ethyl adjacent to an activating group) is 3. The lowest BCUT2D eigenvalue weighted by Gasteiger charge is -2.37. The first-order valence-electron chi connectivity index (χ1n) is 14.4. The van der Waals surface area contributed by atoms with Crippen molar-refractivity contribution in [1.29, 1.82) is 0 Å². The van der Waals surface area contributed by atoms with E-state index in [0.29, 0.717) is 32.1 Å². The Morgan fingerprint density at radius 1 is 0.786 bits per heavy atom. The summed E-state index contributed by atoms with van der Waals surface area (Å²) in [4.78, 5) is 55.1. The van der Waals surface area contributed by atoms with E-state index in [9.17, 15) is 19.2 Å². The van der Waals surface area contributed by atoms with Gasteiger partial charge in [-0.25, -0.2) is 4.79 Å². The maximum Gasteiger partial charge on any atom is 0.404 e. The Labute approximate surface area is 246 Å². The fraction of sp³-hybridized carbons (Fsp3) is 0.394. The molecule has 1 aliphatic rings. The molecule has 1 fully saturated rings. The van der Waals surface area contributed by atoms with E-state index in [0.717, 1.165) is 21.9 Å². The highest BCUT2D eigenvalue weighted by Crippen LogP contribution is 2.28. The van der Waals surface area contributed by atoms with Crippen molar-refractivity contribution in [2.75, 3.05) is 21.1 Å². The molecule has 0 saturated heterocycles. The van der Waals surface area contributed by atoms with E-state index in [1.807, 2.05) is 72.8 Å². The largest absolute Gasteiger partial charge is 0.465 e. The van der Waals surface area contributed by atoms with Crippen molar-refractivity contribution in [3.05, 3.63) is 83.9 Å². The molecule has 9 heteroatoms. The van der Waals surface area contributed by atoms with E-state index in [2.05, 4.69) is 10.6 Å². The molecule has 0 heterocycles. The Kier molecular flexibility index (Phi) is 10.2. The number of nitrogens with zero attached hydrogens (tertiary/aromatic N) is 2. The molecule has 42 heavy (non-hydrogen) atoms. The molecular weight excluding hydrogens is 532 g/mol. The third-order valence-electron chi connectivity index (χ3n) is 8.38. The van der Waals surface area contributed by atoms with Crippen molar-refractivity contribution in [3.63, 3.8) is 0 Å². The highest BCUT2D eigenvalue weighted by molar-refractivity contribution is 5.93. The normalized spacial score (nSPS) is 18.0. The second-order valence-electron chi connectivity index (χ2n) is 11.1. The number of carbonyl (C=O) groups is 4. The third kappa shape index (κ3) is 7.46. The third-order valence-corrected chi connectivity index (χ3v) is 8.38. The van der Waals surface area contributed by atoms with Crippen LogP contribution in [0.4, 0.5) is 4.79 Å². The van der Waals surface area contributed by atoms with Crippen LogP contribution in [0.1, 0.15) is 36.8 Å². The van der Waals surface area contributed by atoms with Gasteiger partial charge in [-0.15, -0.1) is 0 Å². The van der Waals surface area contributed by atoms with Crippen molar-refractivity contribution in [1.82, 2.24) is 20.4 Å². The first-order valence-corrected chi connectivity index (χ1v) is 14.4. The smallest absolute Gasteiger partial charge is 0.404 e. The Bertz CT molecular complexity index is 1400. The number of fused-ring (bicyclic) bond motifs is 1. The van der Waals surface area contributed by atoms with Gasteiger partial charge in [0.2, 0.25) is 17.7 Å². The summed E-state index contributed by atoms with van der Waals surface area (Å²) in [6, 6.07) is 21.8. The maximum absolute atomic E-state index is 14.2. The van der Waals surface area contributed by atoms with Crippen LogP contribution in [-0.4, -0.2) is 78.0 Å². The van der Waals surface area contributed by atoms with Gasteiger partial charge in [0.1, 0.15) is 12.1 Å². The average Bonchev–Trinajstić information content (AvgIpc) is 3.01. The number of nitrogens with one attached hydrogen (secondary N) is 2. The van der Waals surface area contributed by atoms with Gasteiger partial charge in [0.05, 0.1) is 0 Å². The van der Waals surface area contributed by atoms with E-state index in [1.54, 1.807) is 21.1 Å². The number of carbonyl (C=O) groups excluding carboxylic acids is 3. The monoisotopic (exact) mass is 572 g/mol. The molecule has 3 aromatic rings. The lowest BCUT2D eigenvalue weighted by molar-refractivity contribution is -0.149. The van der Waals surface area contributed by atoms with Crippen LogP contribution in [0.3, 0.4) is 0 Å². The van der Waals surface area contributed by atoms with Gasteiger partial charge in [0.25, 0.3) is 0 Å². The Balaban J connectivity index is 1.60. The van der Waals surface area contributed by atoms with Crippen molar-refractivity contribution in [2.24, 2.45) is 5.92 Å². The standard InChI is InChI=1S/C33H40N4O5/c1-34-30(38)28(20-22-9-5-4-6-10-22)36(2)32(40)29(21-23-13-14-24-11-7-8-12-26(24)19-23)37(3)31(39)25-15-17-27(18-16-25)35-33(41)42/h4-14,19,25,27-29,35H,15-18,20-21H2,1-3H3,(H,34,38)(H,41,42)/t25?,27?,28-,29-/m1/s1. The van der Waals surface area contributed by atoms with E-state index < -0.39 is 18.2 Å². The summed E-state index contributed by atoms with van der Waals surface area (Å²) < 4.78 is 0. The van der Waals surface area contributed by atoms with Gasteiger partial charge >= 0.3 is 6.09 Å². The molecule has 0 bridgehead atoms. The van der Waals surface area contributed by atoms with Gasteiger partial charge in [-0.3, -0.25) is 14.4 Å². The summed E-state index contributed by atoms with van der Waals surface area (Å²) in [5, 5.41) is 16.4. The molecule has 0 spiro atoms. The molecule has 2 atom stereocenters. The van der Waals surface area contributed by atoms with Crippen LogP contribution in [0.25, 0.3) is 10.8 Å². The van der Waals surface area contributed by atoms with E-state index in [4.69, 9.17) is 5.11 Å². The van der Waals surface area contributed by atoms with Crippen LogP contribution in [0.5, 0.6) is 0 Å². The van der Waals surface area contributed by atoms with Gasteiger partial charge in [-0.1, -0.05) is 72.8 Å². The Morgan fingerprint density at radius 2 is 1.40 bits per heavy atom. The zero-order valence-electron chi connectivity index (χ0n) is 24.5. The highest BCUT2D eigenvalue weighted by Gasteiger charge is 2.37. The first kappa shape index (κ1) is 30.6. The van der Waals surface area contributed by atoms with Gasteiger partial charge < -0.3 is 25.5 Å². The Hall–Kier alpha value is -4.40. The summed E-state index contributed by atoms with van der Waals surface area (Å²) in [5.74, 6) is -1.05. The van der Waals surface area contributed by atoms with Crippen LogP contribution in [0.15, 0.2) is 72.8 Å². The SMILES string of the molecule is CNC(=O)[C@@H](Cc1ccccc1)N(C)C(=O)[C@@H](Cc1ccc2ccccc2c1)N(C)C(=O)C1CCC(NC(=O)O)CC1. The van der Waals surface area contributed by atoms with Crippen LogP contribution in [0, 0.1) is 5.92 Å². The van der Waals surface area contributed by atoms with Crippen molar-refractivity contribution >= 4 is 34.6 Å². The molecule has 1 saturated carbocycles. The zero-order chi connectivity index (χ0) is 30.2. The molecule has 0 aromatic heterocycles.